The van der Waals surface area contributed by atoms with Crippen molar-refractivity contribution < 1.29 is 14.6 Å². The molecule has 1 heterocycles. The summed E-state index contributed by atoms with van der Waals surface area (Å²) in [4.78, 5) is 23.6. The summed E-state index contributed by atoms with van der Waals surface area (Å²) >= 11 is 0. The second-order valence-corrected chi connectivity index (χ2v) is 5.41. The van der Waals surface area contributed by atoms with Gasteiger partial charge in [0.15, 0.2) is 0 Å². The molecule has 6 heteroatoms. The molecule has 1 aromatic heterocycles. The third-order valence-electron chi connectivity index (χ3n) is 3.80. The Labute approximate surface area is 142 Å². The monoisotopic (exact) mass is 336 g/mol. The fraction of sp³-hybridized carbons (Fsp3) is 0.0526. The molecule has 0 unspecified atom stereocenters. The van der Waals surface area contributed by atoms with E-state index in [-0.39, 0.29) is 11.1 Å². The highest BCUT2D eigenvalue weighted by atomic mass is 16.5. The van der Waals surface area contributed by atoms with Crippen molar-refractivity contribution in [3.63, 3.8) is 0 Å². The lowest BCUT2D eigenvalue weighted by atomic mass is 10.2. The van der Waals surface area contributed by atoms with Crippen molar-refractivity contribution in [2.75, 3.05) is 7.11 Å². The standard InChI is InChI=1S/C19H16N2O4/c1-12-17(11-13-3-9-16(25-2)10-4-13)18(22)21(20-12)15-7-5-14(6-8-15)19(23)24/h3-11,20H,1H2,2H3,(H,23,24)/b17-11+. The molecule has 0 bridgehead atoms. The van der Waals surface area contributed by atoms with Gasteiger partial charge in [0.1, 0.15) is 5.75 Å². The van der Waals surface area contributed by atoms with Crippen LogP contribution in [0.25, 0.3) is 18.3 Å². The quantitative estimate of drug-likeness (QED) is 0.747. The first-order chi connectivity index (χ1) is 12.0. The van der Waals surface area contributed by atoms with E-state index in [2.05, 4.69) is 11.7 Å². The van der Waals surface area contributed by atoms with Crippen LogP contribution in [0, 0.1) is 0 Å². The summed E-state index contributed by atoms with van der Waals surface area (Å²) in [6, 6.07) is 13.3. The van der Waals surface area contributed by atoms with Crippen molar-refractivity contribution in [3.05, 3.63) is 80.6 Å². The molecule has 0 spiro atoms. The molecule has 0 atom stereocenters. The molecule has 0 fully saturated rings. The number of rotatable bonds is 4. The molecule has 0 aliphatic rings. The number of aromatic carboxylic acids is 1. The first-order valence-electron chi connectivity index (χ1n) is 7.49. The van der Waals surface area contributed by atoms with Crippen LogP contribution in [0.15, 0.2) is 53.3 Å². The number of carboxylic acids is 1. The Balaban J connectivity index is 2.06. The zero-order chi connectivity index (χ0) is 18.0. The Morgan fingerprint density at radius 3 is 2.36 bits per heavy atom. The van der Waals surface area contributed by atoms with Crippen LogP contribution < -0.4 is 20.9 Å². The van der Waals surface area contributed by atoms with Crippen LogP contribution in [-0.4, -0.2) is 28.0 Å². The van der Waals surface area contributed by atoms with Crippen molar-refractivity contribution >= 4 is 18.6 Å². The Kier molecular flexibility index (Phi) is 4.26. The van der Waals surface area contributed by atoms with Gasteiger partial charge in [-0.05, 0) is 48.0 Å². The molecule has 0 saturated carbocycles. The molecule has 0 aliphatic heterocycles. The zero-order valence-electron chi connectivity index (χ0n) is 13.5. The fourth-order valence-corrected chi connectivity index (χ4v) is 2.45. The van der Waals surface area contributed by atoms with E-state index in [1.54, 1.807) is 25.3 Å². The predicted molar refractivity (Wildman–Crippen MR) is 94.7 cm³/mol. The summed E-state index contributed by atoms with van der Waals surface area (Å²) in [5.74, 6) is -0.284. The van der Waals surface area contributed by atoms with Crippen LogP contribution in [0.5, 0.6) is 5.75 Å². The number of carbonyl (C=O) groups is 1. The lowest BCUT2D eigenvalue weighted by Gasteiger charge is -2.01. The van der Waals surface area contributed by atoms with Gasteiger partial charge in [-0.3, -0.25) is 9.89 Å². The number of methoxy groups -OCH3 is 1. The van der Waals surface area contributed by atoms with Gasteiger partial charge in [0.25, 0.3) is 5.56 Å². The third-order valence-corrected chi connectivity index (χ3v) is 3.80. The molecule has 3 aromatic rings. The molecule has 126 valence electrons. The summed E-state index contributed by atoms with van der Waals surface area (Å²) < 4.78 is 6.45. The van der Waals surface area contributed by atoms with E-state index in [0.717, 1.165) is 11.3 Å². The van der Waals surface area contributed by atoms with Gasteiger partial charge in [-0.2, -0.15) is 0 Å². The normalized spacial score (nSPS) is 11.5. The number of hydrogen-bond acceptors (Lipinski definition) is 3. The molecule has 3 rings (SSSR count). The van der Waals surface area contributed by atoms with E-state index in [1.165, 1.54) is 16.8 Å². The van der Waals surface area contributed by atoms with Gasteiger partial charge in [0.2, 0.25) is 0 Å². The van der Waals surface area contributed by atoms with Crippen molar-refractivity contribution in [3.8, 4) is 11.4 Å². The number of benzene rings is 2. The second-order valence-electron chi connectivity index (χ2n) is 5.41. The minimum atomic E-state index is -1.02. The Bertz CT molecular complexity index is 1070. The van der Waals surface area contributed by atoms with Gasteiger partial charge in [0.05, 0.1) is 28.9 Å². The van der Waals surface area contributed by atoms with E-state index in [4.69, 9.17) is 9.84 Å². The molecule has 0 radical (unpaired) electrons. The fourth-order valence-electron chi connectivity index (χ4n) is 2.45. The molecule has 6 nitrogen and oxygen atoms in total. The van der Waals surface area contributed by atoms with Gasteiger partial charge in [-0.25, -0.2) is 9.48 Å². The number of nitrogens with zero attached hydrogens (tertiary/aromatic N) is 1. The van der Waals surface area contributed by atoms with Crippen molar-refractivity contribution in [1.82, 2.24) is 9.78 Å². The highest BCUT2D eigenvalue weighted by Crippen LogP contribution is 2.11. The van der Waals surface area contributed by atoms with Crippen LogP contribution >= 0.6 is 0 Å². The van der Waals surface area contributed by atoms with E-state index < -0.39 is 5.97 Å². The first-order valence-corrected chi connectivity index (χ1v) is 7.49. The Hall–Kier alpha value is -3.54. The number of aromatic amines is 1. The van der Waals surface area contributed by atoms with Crippen molar-refractivity contribution in [1.29, 1.82) is 0 Å². The Morgan fingerprint density at radius 2 is 1.80 bits per heavy atom. The molecule has 25 heavy (non-hydrogen) atoms. The molecular weight excluding hydrogens is 320 g/mol. The van der Waals surface area contributed by atoms with Crippen LogP contribution in [0.1, 0.15) is 15.9 Å². The van der Waals surface area contributed by atoms with E-state index >= 15 is 0 Å². The summed E-state index contributed by atoms with van der Waals surface area (Å²) in [6.45, 7) is 3.88. The number of H-pyrrole nitrogens is 1. The van der Waals surface area contributed by atoms with E-state index in [9.17, 15) is 9.59 Å². The number of nitrogens with one attached hydrogen (secondary N) is 1. The number of hydrogen-bond donors (Lipinski definition) is 2. The van der Waals surface area contributed by atoms with Gasteiger partial charge in [-0.15, -0.1) is 0 Å². The summed E-state index contributed by atoms with van der Waals surface area (Å²) in [6.07, 6.45) is 1.74. The molecule has 0 aliphatic carbocycles. The van der Waals surface area contributed by atoms with Crippen LogP contribution in [0.4, 0.5) is 0 Å². The van der Waals surface area contributed by atoms with E-state index in [1.807, 2.05) is 24.3 Å². The molecule has 0 amide bonds. The minimum Gasteiger partial charge on any atom is -0.497 e. The average Bonchev–Trinajstić information content (AvgIpc) is 2.90. The lowest BCUT2D eigenvalue weighted by molar-refractivity contribution is 0.0697. The number of aromatic nitrogens is 2. The zero-order valence-corrected chi connectivity index (χ0v) is 13.5. The maximum atomic E-state index is 12.7. The predicted octanol–water partition coefficient (Wildman–Crippen LogP) is 1.11. The average molecular weight is 336 g/mol. The van der Waals surface area contributed by atoms with Crippen molar-refractivity contribution in [2.45, 2.75) is 0 Å². The largest absolute Gasteiger partial charge is 0.497 e. The lowest BCUT2D eigenvalue weighted by Crippen LogP contribution is -2.33. The molecule has 0 saturated heterocycles. The summed E-state index contributed by atoms with van der Waals surface area (Å²) in [7, 11) is 1.59. The van der Waals surface area contributed by atoms with Crippen LogP contribution in [-0.2, 0) is 0 Å². The van der Waals surface area contributed by atoms with Gasteiger partial charge < -0.3 is 9.84 Å². The summed E-state index contributed by atoms with van der Waals surface area (Å²) in [5, 5.41) is 12.8. The minimum absolute atomic E-state index is 0.156. The van der Waals surface area contributed by atoms with Crippen LogP contribution in [0.3, 0.4) is 0 Å². The van der Waals surface area contributed by atoms with E-state index in [0.29, 0.717) is 16.3 Å². The topological polar surface area (TPSA) is 84.3 Å². The number of ether oxygens (including phenoxy) is 1. The third kappa shape index (κ3) is 3.23. The van der Waals surface area contributed by atoms with Gasteiger partial charge in [0, 0.05) is 0 Å². The first kappa shape index (κ1) is 16.3. The summed E-state index contributed by atoms with van der Waals surface area (Å²) in [5.41, 5.74) is 1.27. The second kappa shape index (κ2) is 6.52. The molecule has 2 aromatic carbocycles. The highest BCUT2D eigenvalue weighted by molar-refractivity contribution is 5.87. The van der Waals surface area contributed by atoms with Crippen LogP contribution in [0.2, 0.25) is 0 Å². The smallest absolute Gasteiger partial charge is 0.335 e. The van der Waals surface area contributed by atoms with Gasteiger partial charge in [-0.1, -0.05) is 18.7 Å². The highest BCUT2D eigenvalue weighted by Gasteiger charge is 2.07. The Morgan fingerprint density at radius 1 is 1.16 bits per heavy atom. The van der Waals surface area contributed by atoms with Crippen molar-refractivity contribution in [2.24, 2.45) is 0 Å². The maximum Gasteiger partial charge on any atom is 0.335 e. The molecular formula is C19H16N2O4. The SMILES string of the molecule is C=c1[nH]n(-c2ccc(C(=O)O)cc2)c(=O)/c1=C/c1ccc(OC)cc1. The number of carboxylic acid groups (broad SMARTS) is 1. The maximum absolute atomic E-state index is 12.7. The molecule has 2 N–H and O–H groups in total. The van der Waals surface area contributed by atoms with Gasteiger partial charge >= 0.3 is 5.97 Å².